The molecule has 2 fully saturated rings. The van der Waals surface area contributed by atoms with Crippen molar-refractivity contribution in [2.45, 2.75) is 87.3 Å². The van der Waals surface area contributed by atoms with Crippen molar-refractivity contribution in [2.24, 2.45) is 0 Å². The van der Waals surface area contributed by atoms with E-state index in [-0.39, 0.29) is 43.7 Å². The number of halogens is 7. The summed E-state index contributed by atoms with van der Waals surface area (Å²) in [6.45, 7) is 7.82. The Balaban J connectivity index is 0.00000580. The van der Waals surface area contributed by atoms with Crippen LogP contribution in [0, 0.1) is 31.3 Å². The third-order valence-corrected chi connectivity index (χ3v) is 11.6. The number of hydrogen-bond donors (Lipinski definition) is 1. The number of carbonyl (C=O) groups is 2. The van der Waals surface area contributed by atoms with Crippen molar-refractivity contribution in [2.75, 3.05) is 26.4 Å². The first kappa shape index (κ1) is 42.8. The third-order valence-electron chi connectivity index (χ3n) is 10.3. The van der Waals surface area contributed by atoms with Gasteiger partial charge < -0.3 is 24.4 Å². The van der Waals surface area contributed by atoms with E-state index in [9.17, 15) is 22.8 Å². The molecule has 3 aliphatic rings. The van der Waals surface area contributed by atoms with Crippen LogP contribution >= 0.6 is 47.2 Å². The van der Waals surface area contributed by atoms with Gasteiger partial charge in [-0.3, -0.25) is 9.69 Å². The van der Waals surface area contributed by atoms with Gasteiger partial charge in [-0.25, -0.2) is 13.6 Å². The lowest BCUT2D eigenvalue weighted by Crippen LogP contribution is -2.64. The summed E-state index contributed by atoms with van der Waals surface area (Å²) >= 11 is 18.6. The molecule has 55 heavy (non-hydrogen) atoms. The third kappa shape index (κ3) is 9.62. The second kappa shape index (κ2) is 17.4. The van der Waals surface area contributed by atoms with E-state index < -0.39 is 44.7 Å². The first-order valence-corrected chi connectivity index (χ1v) is 19.1. The van der Waals surface area contributed by atoms with Crippen LogP contribution in [-0.4, -0.2) is 75.7 Å². The Morgan fingerprint density at radius 3 is 2.27 bits per heavy atom. The predicted molar refractivity (Wildman–Crippen MR) is 210 cm³/mol. The van der Waals surface area contributed by atoms with Crippen LogP contribution in [0.4, 0.5) is 18.0 Å². The summed E-state index contributed by atoms with van der Waals surface area (Å²) in [5, 5.41) is 3.39. The number of hydrogen-bond acceptors (Lipinski definition) is 6. The molecule has 2 heterocycles. The minimum Gasteiger partial charge on any atom is -0.488 e. The molecule has 2 aliphatic heterocycles. The van der Waals surface area contributed by atoms with Crippen LogP contribution in [0.25, 0.3) is 5.57 Å². The van der Waals surface area contributed by atoms with Crippen molar-refractivity contribution in [3.8, 4) is 11.5 Å². The summed E-state index contributed by atoms with van der Waals surface area (Å²) in [6, 6.07) is 14.0. The number of rotatable bonds is 12. The summed E-state index contributed by atoms with van der Waals surface area (Å²) < 4.78 is 56.9. The summed E-state index contributed by atoms with van der Waals surface area (Å²) in [5.74, 6) is -3.83. The maximum atomic E-state index is 14.9. The molecule has 1 unspecified atom stereocenters. The lowest BCUT2D eigenvalue weighted by atomic mass is 9.81. The van der Waals surface area contributed by atoms with Crippen LogP contribution in [0.5, 0.6) is 11.5 Å². The van der Waals surface area contributed by atoms with Crippen molar-refractivity contribution >= 4 is 64.8 Å². The number of ether oxygens (including phenoxy) is 3. The topological polar surface area (TPSA) is 80.3 Å². The van der Waals surface area contributed by atoms with Gasteiger partial charge in [-0.2, -0.15) is 4.39 Å². The number of alkyl halides is 3. The number of nitrogens with one attached hydrogen (secondary N) is 1. The number of benzene rings is 3. The van der Waals surface area contributed by atoms with Gasteiger partial charge in [-0.1, -0.05) is 65.1 Å². The fourth-order valence-corrected chi connectivity index (χ4v) is 6.84. The van der Waals surface area contributed by atoms with E-state index in [1.165, 1.54) is 13.8 Å². The Hall–Kier alpha value is -3.35. The molecular formula is C40H44Cl4F3N3O5. The van der Waals surface area contributed by atoms with Gasteiger partial charge in [0.1, 0.15) is 5.75 Å². The van der Waals surface area contributed by atoms with Gasteiger partial charge in [0, 0.05) is 24.7 Å². The SMILES string of the molecule is Cc1ccc(OCN(C(=O)C2=C(c3ccc(CCCOc4c(F)ccc(F)c4F)cc3)CC3CNC[C@H]2N3C(=O)OC(C)(C)C(Cl)(Cl)Cl)C2CC2)cc1C.Cl. The lowest BCUT2D eigenvalue weighted by molar-refractivity contribution is -0.131. The maximum absolute atomic E-state index is 14.9. The average molecular weight is 846 g/mol. The number of nitrogens with zero attached hydrogens (tertiary/aromatic N) is 2. The maximum Gasteiger partial charge on any atom is 0.411 e. The molecule has 6 rings (SSSR count). The molecule has 2 amide bonds. The molecule has 0 spiro atoms. The molecule has 1 saturated heterocycles. The van der Waals surface area contributed by atoms with Crippen molar-refractivity contribution < 1.29 is 37.0 Å². The highest BCUT2D eigenvalue weighted by Gasteiger charge is 2.50. The lowest BCUT2D eigenvalue weighted by Gasteiger charge is -2.48. The molecule has 0 aromatic heterocycles. The van der Waals surface area contributed by atoms with Crippen LogP contribution in [0.2, 0.25) is 0 Å². The quantitative estimate of drug-likeness (QED) is 0.0848. The number of fused-ring (bicyclic) bond motifs is 2. The standard InChI is InChI=1S/C40H43Cl3F3N3O5.ClH/c1-23-7-14-29(18-24(23)2)53-22-48(27-12-13-27)37(50)34-30(19-28-20-47-21-33(34)49(28)38(51)54-39(3,4)40(41,42)43)26-10-8-25(9-11-26)6-5-17-52-36-32(45)16-15-31(44)35(36)46;/h7-11,14-16,18,27-28,33,47H,5-6,12-13,17,19-22H2,1-4H3;1H/t28?,33-;/m1./s1. The van der Waals surface area contributed by atoms with E-state index in [1.54, 1.807) is 9.80 Å². The van der Waals surface area contributed by atoms with Crippen LogP contribution in [-0.2, 0) is 16.0 Å². The van der Waals surface area contributed by atoms with Gasteiger partial charge in [0.15, 0.2) is 29.7 Å². The smallest absolute Gasteiger partial charge is 0.411 e. The molecule has 15 heteroatoms. The van der Waals surface area contributed by atoms with Crippen molar-refractivity contribution in [1.82, 2.24) is 15.1 Å². The van der Waals surface area contributed by atoms with Crippen LogP contribution in [0.15, 0.2) is 60.2 Å². The van der Waals surface area contributed by atoms with Crippen LogP contribution < -0.4 is 14.8 Å². The molecule has 298 valence electrons. The first-order chi connectivity index (χ1) is 25.6. The second-order valence-corrected chi connectivity index (χ2v) is 16.8. The molecule has 1 saturated carbocycles. The largest absolute Gasteiger partial charge is 0.488 e. The van der Waals surface area contributed by atoms with Crippen molar-refractivity contribution in [3.63, 3.8) is 0 Å². The van der Waals surface area contributed by atoms with Crippen molar-refractivity contribution in [1.29, 1.82) is 0 Å². The Morgan fingerprint density at radius 1 is 0.927 bits per heavy atom. The zero-order valence-electron chi connectivity index (χ0n) is 30.9. The molecule has 1 aliphatic carbocycles. The highest BCUT2D eigenvalue weighted by atomic mass is 35.6. The van der Waals surface area contributed by atoms with Gasteiger partial charge in [0.2, 0.25) is 9.61 Å². The molecule has 2 bridgehead atoms. The second-order valence-electron chi connectivity index (χ2n) is 14.6. The monoisotopic (exact) mass is 843 g/mol. The van der Waals surface area contributed by atoms with Crippen molar-refractivity contribution in [3.05, 3.63) is 99.9 Å². The van der Waals surface area contributed by atoms with Crippen LogP contribution in [0.1, 0.15) is 61.8 Å². The van der Waals surface area contributed by atoms with E-state index in [4.69, 9.17) is 49.0 Å². The fourth-order valence-electron chi connectivity index (χ4n) is 6.73. The van der Waals surface area contributed by atoms with Crippen LogP contribution in [0.3, 0.4) is 0 Å². The zero-order valence-corrected chi connectivity index (χ0v) is 34.0. The number of carbonyl (C=O) groups excluding carboxylic acids is 2. The van der Waals surface area contributed by atoms with Gasteiger partial charge >= 0.3 is 6.09 Å². The van der Waals surface area contributed by atoms with Gasteiger partial charge in [0.25, 0.3) is 5.91 Å². The number of piperazine rings is 1. The summed E-state index contributed by atoms with van der Waals surface area (Å²) in [5.41, 5.74) is 3.75. The Labute approximate surface area is 340 Å². The Morgan fingerprint density at radius 2 is 1.62 bits per heavy atom. The number of aryl methyl sites for hydroxylation is 3. The van der Waals surface area contributed by atoms with E-state index in [1.807, 2.05) is 56.3 Å². The molecule has 0 radical (unpaired) electrons. The molecule has 8 nitrogen and oxygen atoms in total. The predicted octanol–water partition coefficient (Wildman–Crippen LogP) is 9.27. The number of amides is 2. The first-order valence-electron chi connectivity index (χ1n) is 17.9. The average Bonchev–Trinajstić information content (AvgIpc) is 3.96. The zero-order chi connectivity index (χ0) is 38.9. The minimum atomic E-state index is -1.90. The molecule has 1 N–H and O–H groups in total. The summed E-state index contributed by atoms with van der Waals surface area (Å²) in [7, 11) is 0. The molecule has 3 aromatic carbocycles. The van der Waals surface area contributed by atoms with E-state index >= 15 is 0 Å². The van der Waals surface area contributed by atoms with Gasteiger partial charge in [0.05, 0.1) is 18.7 Å². The highest BCUT2D eigenvalue weighted by Crippen LogP contribution is 2.43. The highest BCUT2D eigenvalue weighted by molar-refractivity contribution is 6.68. The molecule has 2 atom stereocenters. The van der Waals surface area contributed by atoms with Gasteiger partial charge in [-0.05, 0) is 112 Å². The molecule has 3 aromatic rings. The normalized spacial score (nSPS) is 18.4. The van der Waals surface area contributed by atoms with E-state index in [0.717, 1.165) is 46.7 Å². The van der Waals surface area contributed by atoms with E-state index in [0.29, 0.717) is 49.7 Å². The summed E-state index contributed by atoms with van der Waals surface area (Å²) in [6.07, 6.45) is 2.25. The van der Waals surface area contributed by atoms with Gasteiger partial charge in [-0.15, -0.1) is 12.4 Å². The molecular weight excluding hydrogens is 801 g/mol. The minimum absolute atomic E-state index is 0. The van der Waals surface area contributed by atoms with E-state index in [2.05, 4.69) is 5.32 Å². The Kier molecular flexibility index (Phi) is 13.6. The summed E-state index contributed by atoms with van der Waals surface area (Å²) in [4.78, 5) is 32.2. The fraction of sp³-hybridized carbons (Fsp3) is 0.450. The Bertz CT molecular complexity index is 1920.